The quantitative estimate of drug-likeness (QED) is 0.637. The molecule has 1 aliphatic rings. The SMILES string of the molecule is CC(C)C1(c2ccc(I)cc2)NC(=O)NC1=O. The molecule has 4 nitrogen and oxygen atoms in total. The summed E-state index contributed by atoms with van der Waals surface area (Å²) < 4.78 is 1.09. The van der Waals surface area contributed by atoms with Crippen LogP contribution >= 0.6 is 22.6 Å². The van der Waals surface area contributed by atoms with Gasteiger partial charge in [0.15, 0.2) is 0 Å². The van der Waals surface area contributed by atoms with Crippen molar-refractivity contribution >= 4 is 34.5 Å². The monoisotopic (exact) mass is 344 g/mol. The van der Waals surface area contributed by atoms with E-state index in [1.54, 1.807) is 0 Å². The van der Waals surface area contributed by atoms with Crippen LogP contribution in [0.3, 0.4) is 0 Å². The molecule has 90 valence electrons. The molecule has 0 radical (unpaired) electrons. The van der Waals surface area contributed by atoms with Crippen LogP contribution < -0.4 is 10.6 Å². The Morgan fingerprint density at radius 2 is 1.76 bits per heavy atom. The van der Waals surface area contributed by atoms with Crippen LogP contribution in [0.5, 0.6) is 0 Å². The standard InChI is InChI=1S/C12H13IN2O2/c1-7(2)12(10(16)14-11(17)15-12)8-3-5-9(13)6-4-8/h3-7H,1-2H3,(H2,14,15,16,17). The van der Waals surface area contributed by atoms with Crippen molar-refractivity contribution in [1.82, 2.24) is 10.6 Å². The molecule has 0 aromatic heterocycles. The number of amides is 3. The van der Waals surface area contributed by atoms with E-state index < -0.39 is 11.6 Å². The highest BCUT2D eigenvalue weighted by atomic mass is 127. The van der Waals surface area contributed by atoms with E-state index >= 15 is 0 Å². The summed E-state index contributed by atoms with van der Waals surface area (Å²) in [5.74, 6) is -0.298. The lowest BCUT2D eigenvalue weighted by Crippen LogP contribution is -2.48. The average Bonchev–Trinajstić information content (AvgIpc) is 2.56. The molecule has 2 N–H and O–H groups in total. The lowest BCUT2D eigenvalue weighted by atomic mass is 9.80. The molecule has 1 fully saturated rings. The van der Waals surface area contributed by atoms with Gasteiger partial charge in [0.25, 0.3) is 5.91 Å². The third-order valence-corrected chi connectivity index (χ3v) is 3.78. The zero-order valence-corrected chi connectivity index (χ0v) is 11.7. The molecule has 0 bridgehead atoms. The highest BCUT2D eigenvalue weighted by Gasteiger charge is 2.49. The number of nitrogens with one attached hydrogen (secondary N) is 2. The third-order valence-electron chi connectivity index (χ3n) is 3.06. The zero-order chi connectivity index (χ0) is 12.6. The van der Waals surface area contributed by atoms with Crippen LogP contribution in [0.2, 0.25) is 0 Å². The molecule has 3 amide bonds. The molecule has 0 saturated carbocycles. The van der Waals surface area contributed by atoms with Crippen LogP contribution in [0.25, 0.3) is 0 Å². The summed E-state index contributed by atoms with van der Waals surface area (Å²) in [5.41, 5.74) is -0.127. The predicted octanol–water partition coefficient (Wildman–Crippen LogP) is 1.98. The highest BCUT2D eigenvalue weighted by molar-refractivity contribution is 14.1. The van der Waals surface area contributed by atoms with E-state index in [1.807, 2.05) is 38.1 Å². The summed E-state index contributed by atoms with van der Waals surface area (Å²) in [6, 6.07) is 7.19. The fraction of sp³-hybridized carbons (Fsp3) is 0.333. The molecule has 0 spiro atoms. The topological polar surface area (TPSA) is 58.2 Å². The third kappa shape index (κ3) is 1.92. The minimum absolute atomic E-state index is 0.0194. The van der Waals surface area contributed by atoms with Gasteiger partial charge in [0.1, 0.15) is 5.54 Å². The molecule has 1 heterocycles. The molecule has 17 heavy (non-hydrogen) atoms. The summed E-state index contributed by atoms with van der Waals surface area (Å²) in [4.78, 5) is 23.4. The largest absolute Gasteiger partial charge is 0.322 e. The van der Waals surface area contributed by atoms with E-state index in [2.05, 4.69) is 33.2 Å². The Hall–Kier alpha value is -1.11. The number of benzene rings is 1. The summed E-state index contributed by atoms with van der Waals surface area (Å²) in [7, 11) is 0. The molecular weight excluding hydrogens is 331 g/mol. The van der Waals surface area contributed by atoms with E-state index in [9.17, 15) is 9.59 Å². The molecule has 1 atom stereocenters. The van der Waals surface area contributed by atoms with E-state index in [4.69, 9.17) is 0 Å². The van der Waals surface area contributed by atoms with Gasteiger partial charge in [-0.25, -0.2) is 4.79 Å². The molecule has 5 heteroatoms. The van der Waals surface area contributed by atoms with Crippen LogP contribution in [0.1, 0.15) is 19.4 Å². The average molecular weight is 344 g/mol. The van der Waals surface area contributed by atoms with Gasteiger partial charge in [-0.2, -0.15) is 0 Å². The summed E-state index contributed by atoms with van der Waals surface area (Å²) in [5, 5.41) is 5.06. The fourth-order valence-electron chi connectivity index (χ4n) is 2.12. The van der Waals surface area contributed by atoms with Crippen LogP contribution in [-0.4, -0.2) is 11.9 Å². The maximum atomic E-state index is 12.0. The normalized spacial score (nSPS) is 23.8. The number of carbonyl (C=O) groups excluding carboxylic acids is 2. The first kappa shape index (κ1) is 12.3. The second-order valence-electron chi connectivity index (χ2n) is 4.38. The van der Waals surface area contributed by atoms with Crippen molar-refractivity contribution in [3.63, 3.8) is 0 Å². The van der Waals surface area contributed by atoms with Crippen molar-refractivity contribution < 1.29 is 9.59 Å². The number of halogens is 1. The molecule has 1 saturated heterocycles. The van der Waals surface area contributed by atoms with Crippen molar-refractivity contribution in [2.24, 2.45) is 5.92 Å². The number of urea groups is 1. The van der Waals surface area contributed by atoms with Crippen molar-refractivity contribution in [3.05, 3.63) is 33.4 Å². The van der Waals surface area contributed by atoms with Gasteiger partial charge in [0.2, 0.25) is 0 Å². The summed E-state index contributed by atoms with van der Waals surface area (Å²) >= 11 is 2.20. The zero-order valence-electron chi connectivity index (χ0n) is 9.58. The number of carbonyl (C=O) groups is 2. The van der Waals surface area contributed by atoms with Crippen LogP contribution in [-0.2, 0) is 10.3 Å². The fourth-order valence-corrected chi connectivity index (χ4v) is 2.48. The van der Waals surface area contributed by atoms with Gasteiger partial charge >= 0.3 is 6.03 Å². The Balaban J connectivity index is 2.52. The summed E-state index contributed by atoms with van der Waals surface area (Å²) in [6.07, 6.45) is 0. The van der Waals surface area contributed by atoms with Crippen molar-refractivity contribution in [3.8, 4) is 0 Å². The Morgan fingerprint density at radius 3 is 2.18 bits per heavy atom. The van der Waals surface area contributed by atoms with E-state index in [0.29, 0.717) is 0 Å². The van der Waals surface area contributed by atoms with Gasteiger partial charge in [0.05, 0.1) is 0 Å². The maximum absolute atomic E-state index is 12.0. The Bertz CT molecular complexity index is 470. The lowest BCUT2D eigenvalue weighted by Gasteiger charge is -2.30. The number of rotatable bonds is 2. The van der Waals surface area contributed by atoms with Crippen molar-refractivity contribution in [2.45, 2.75) is 19.4 Å². The Labute approximate surface area is 113 Å². The first-order valence-corrected chi connectivity index (χ1v) is 6.44. The molecule has 2 rings (SSSR count). The highest BCUT2D eigenvalue weighted by Crippen LogP contribution is 2.32. The molecule has 1 aliphatic heterocycles. The van der Waals surface area contributed by atoms with Gasteiger partial charge in [-0.15, -0.1) is 0 Å². The van der Waals surface area contributed by atoms with Gasteiger partial charge in [-0.3, -0.25) is 10.1 Å². The van der Waals surface area contributed by atoms with Crippen LogP contribution in [0.15, 0.2) is 24.3 Å². The van der Waals surface area contributed by atoms with Gasteiger partial charge in [0, 0.05) is 3.57 Å². The maximum Gasteiger partial charge on any atom is 0.322 e. The van der Waals surface area contributed by atoms with Gasteiger partial charge in [-0.05, 0) is 46.2 Å². The number of hydrogen-bond donors (Lipinski definition) is 2. The Morgan fingerprint density at radius 1 is 1.18 bits per heavy atom. The van der Waals surface area contributed by atoms with E-state index in [1.165, 1.54) is 0 Å². The van der Waals surface area contributed by atoms with Crippen molar-refractivity contribution in [2.75, 3.05) is 0 Å². The first-order valence-electron chi connectivity index (χ1n) is 5.36. The van der Waals surface area contributed by atoms with E-state index in [-0.39, 0.29) is 11.8 Å². The second kappa shape index (κ2) is 4.29. The number of imide groups is 1. The molecular formula is C12H13IN2O2. The van der Waals surface area contributed by atoms with E-state index in [0.717, 1.165) is 9.13 Å². The second-order valence-corrected chi connectivity index (χ2v) is 5.62. The first-order chi connectivity index (χ1) is 7.96. The van der Waals surface area contributed by atoms with Crippen LogP contribution in [0, 0.1) is 9.49 Å². The minimum atomic E-state index is -0.943. The van der Waals surface area contributed by atoms with Crippen molar-refractivity contribution in [1.29, 1.82) is 0 Å². The molecule has 1 aromatic carbocycles. The summed E-state index contributed by atoms with van der Waals surface area (Å²) in [6.45, 7) is 3.84. The van der Waals surface area contributed by atoms with Crippen LogP contribution in [0.4, 0.5) is 4.79 Å². The predicted molar refractivity (Wildman–Crippen MR) is 72.3 cm³/mol. The number of hydrogen-bond acceptors (Lipinski definition) is 2. The smallest absolute Gasteiger partial charge is 0.319 e. The molecule has 0 aliphatic carbocycles. The lowest BCUT2D eigenvalue weighted by molar-refractivity contribution is -0.125. The van der Waals surface area contributed by atoms with Gasteiger partial charge < -0.3 is 5.32 Å². The molecule has 1 unspecified atom stereocenters. The molecule has 1 aromatic rings. The van der Waals surface area contributed by atoms with Gasteiger partial charge in [-0.1, -0.05) is 26.0 Å². The minimum Gasteiger partial charge on any atom is -0.319 e. The Kier molecular flexibility index (Phi) is 3.11.